The molecule has 0 spiro atoms. The molecule has 5 heteroatoms. The van der Waals surface area contributed by atoms with Crippen LogP contribution in [0, 0.1) is 5.82 Å². The van der Waals surface area contributed by atoms with Gasteiger partial charge in [0.2, 0.25) is 0 Å². The Bertz CT molecular complexity index is 599. The molecule has 0 aromatic heterocycles. The first-order valence-corrected chi connectivity index (χ1v) is 7.59. The molecule has 0 unspecified atom stereocenters. The van der Waals surface area contributed by atoms with Gasteiger partial charge in [-0.1, -0.05) is 24.6 Å². The van der Waals surface area contributed by atoms with Gasteiger partial charge in [0.15, 0.2) is 0 Å². The van der Waals surface area contributed by atoms with Gasteiger partial charge in [0.05, 0.1) is 0 Å². The summed E-state index contributed by atoms with van der Waals surface area (Å²) in [6, 6.07) is 6.02. The number of rotatable bonds is 4. The predicted octanol–water partition coefficient (Wildman–Crippen LogP) is 2.91. The highest BCUT2D eigenvalue weighted by Gasteiger charge is 2.44. The van der Waals surface area contributed by atoms with E-state index in [1.54, 1.807) is 18.2 Å². The molecule has 2 fully saturated rings. The number of carbonyl (C=O) groups excluding carboxylic acids is 2. The van der Waals surface area contributed by atoms with Crippen LogP contribution in [0.25, 0.3) is 0 Å². The van der Waals surface area contributed by atoms with Gasteiger partial charge in [-0.05, 0) is 30.5 Å². The summed E-state index contributed by atoms with van der Waals surface area (Å²) in [4.78, 5) is 27.6. The fourth-order valence-corrected chi connectivity index (χ4v) is 3.54. The SMILES string of the molecule is C=CCN1CC(=O)N([C@H]2CCC[C@@H]2c2ccc(F)cc2)C1=O. The Kier molecular flexibility index (Phi) is 3.96. The number of benzene rings is 1. The van der Waals surface area contributed by atoms with E-state index < -0.39 is 0 Å². The molecule has 1 saturated heterocycles. The van der Waals surface area contributed by atoms with E-state index in [1.165, 1.54) is 21.9 Å². The minimum absolute atomic E-state index is 0.0946. The average molecular weight is 302 g/mol. The molecular formula is C17H19FN2O2. The molecule has 1 aliphatic heterocycles. The van der Waals surface area contributed by atoms with Crippen LogP contribution >= 0.6 is 0 Å². The molecule has 1 aromatic carbocycles. The highest BCUT2D eigenvalue weighted by molar-refractivity contribution is 6.02. The third kappa shape index (κ3) is 2.51. The molecule has 3 rings (SSSR count). The lowest BCUT2D eigenvalue weighted by Gasteiger charge is -2.28. The lowest BCUT2D eigenvalue weighted by atomic mass is 9.93. The zero-order valence-electron chi connectivity index (χ0n) is 12.4. The van der Waals surface area contributed by atoms with E-state index in [9.17, 15) is 14.0 Å². The first-order chi connectivity index (χ1) is 10.6. The third-order valence-electron chi connectivity index (χ3n) is 4.53. The first kappa shape index (κ1) is 14.8. The second-order valence-electron chi connectivity index (χ2n) is 5.87. The summed E-state index contributed by atoms with van der Waals surface area (Å²) in [5.41, 5.74) is 0.992. The maximum absolute atomic E-state index is 13.1. The van der Waals surface area contributed by atoms with Crippen LogP contribution in [0.4, 0.5) is 9.18 Å². The Labute approximate surface area is 129 Å². The molecule has 1 heterocycles. The standard InChI is InChI=1S/C17H19FN2O2/c1-2-10-19-11-16(21)20(17(19)22)15-5-3-4-14(15)12-6-8-13(18)9-7-12/h2,6-9,14-15H,1,3-5,10-11H2/t14-,15+/m1/s1. The fourth-order valence-electron chi connectivity index (χ4n) is 3.54. The van der Waals surface area contributed by atoms with E-state index in [4.69, 9.17) is 0 Å². The first-order valence-electron chi connectivity index (χ1n) is 7.59. The van der Waals surface area contributed by atoms with Gasteiger partial charge in [0.1, 0.15) is 12.4 Å². The number of amides is 3. The van der Waals surface area contributed by atoms with E-state index in [1.807, 2.05) is 0 Å². The Morgan fingerprint density at radius 3 is 2.64 bits per heavy atom. The number of hydrogen-bond acceptors (Lipinski definition) is 2. The van der Waals surface area contributed by atoms with Gasteiger partial charge in [-0.15, -0.1) is 6.58 Å². The molecule has 3 amide bonds. The van der Waals surface area contributed by atoms with Crippen molar-refractivity contribution in [3.8, 4) is 0 Å². The quantitative estimate of drug-likeness (QED) is 0.634. The van der Waals surface area contributed by atoms with Crippen molar-refractivity contribution in [2.75, 3.05) is 13.1 Å². The van der Waals surface area contributed by atoms with Crippen molar-refractivity contribution in [2.24, 2.45) is 0 Å². The van der Waals surface area contributed by atoms with Gasteiger partial charge < -0.3 is 4.90 Å². The van der Waals surface area contributed by atoms with Crippen LogP contribution in [0.2, 0.25) is 0 Å². The molecule has 2 aliphatic rings. The summed E-state index contributed by atoms with van der Waals surface area (Å²) in [5.74, 6) is -0.327. The second-order valence-corrected chi connectivity index (χ2v) is 5.87. The van der Waals surface area contributed by atoms with Crippen LogP contribution in [0.15, 0.2) is 36.9 Å². The number of imide groups is 1. The van der Waals surface area contributed by atoms with Crippen LogP contribution < -0.4 is 0 Å². The van der Waals surface area contributed by atoms with E-state index >= 15 is 0 Å². The fraction of sp³-hybridized carbons (Fsp3) is 0.412. The predicted molar refractivity (Wildman–Crippen MR) is 80.8 cm³/mol. The summed E-state index contributed by atoms with van der Waals surface area (Å²) in [7, 11) is 0. The summed E-state index contributed by atoms with van der Waals surface area (Å²) in [6.07, 6.45) is 4.31. The topological polar surface area (TPSA) is 40.6 Å². The number of carbonyl (C=O) groups is 2. The monoisotopic (exact) mass is 302 g/mol. The van der Waals surface area contributed by atoms with E-state index in [0.717, 1.165) is 24.8 Å². The number of nitrogens with zero attached hydrogens (tertiary/aromatic N) is 2. The second kappa shape index (κ2) is 5.91. The lowest BCUT2D eigenvalue weighted by molar-refractivity contribution is -0.127. The number of halogens is 1. The van der Waals surface area contributed by atoms with Crippen molar-refractivity contribution in [2.45, 2.75) is 31.2 Å². The van der Waals surface area contributed by atoms with Crippen LogP contribution in [-0.2, 0) is 4.79 Å². The molecule has 1 saturated carbocycles. The van der Waals surface area contributed by atoms with Crippen molar-refractivity contribution in [3.63, 3.8) is 0 Å². The van der Waals surface area contributed by atoms with Crippen molar-refractivity contribution >= 4 is 11.9 Å². The van der Waals surface area contributed by atoms with Crippen molar-refractivity contribution in [1.29, 1.82) is 0 Å². The van der Waals surface area contributed by atoms with E-state index in [-0.39, 0.29) is 36.3 Å². The summed E-state index contributed by atoms with van der Waals surface area (Å²) in [6.45, 7) is 4.12. The molecule has 1 aliphatic carbocycles. The van der Waals surface area contributed by atoms with Gasteiger partial charge in [-0.2, -0.15) is 0 Å². The zero-order chi connectivity index (χ0) is 15.7. The Balaban J connectivity index is 1.84. The molecule has 22 heavy (non-hydrogen) atoms. The smallest absolute Gasteiger partial charge is 0.311 e. The molecular weight excluding hydrogens is 283 g/mol. The van der Waals surface area contributed by atoms with Crippen LogP contribution in [-0.4, -0.2) is 40.9 Å². The minimum atomic E-state index is -0.274. The summed E-state index contributed by atoms with van der Waals surface area (Å²) < 4.78 is 13.1. The Hall–Kier alpha value is -2.17. The average Bonchev–Trinajstić information content (AvgIpc) is 3.06. The van der Waals surface area contributed by atoms with Gasteiger partial charge in [-0.25, -0.2) is 9.18 Å². The van der Waals surface area contributed by atoms with Crippen LogP contribution in [0.1, 0.15) is 30.7 Å². The van der Waals surface area contributed by atoms with Crippen LogP contribution in [0.5, 0.6) is 0 Å². The summed E-state index contributed by atoms with van der Waals surface area (Å²) in [5, 5.41) is 0. The van der Waals surface area contributed by atoms with Gasteiger partial charge >= 0.3 is 6.03 Å². The van der Waals surface area contributed by atoms with Crippen molar-refractivity contribution in [3.05, 3.63) is 48.3 Å². The van der Waals surface area contributed by atoms with Gasteiger partial charge in [0, 0.05) is 18.5 Å². The van der Waals surface area contributed by atoms with Gasteiger partial charge in [0.25, 0.3) is 5.91 Å². The largest absolute Gasteiger partial charge is 0.327 e. The van der Waals surface area contributed by atoms with Crippen molar-refractivity contribution < 1.29 is 14.0 Å². The maximum atomic E-state index is 13.1. The van der Waals surface area contributed by atoms with Crippen LogP contribution in [0.3, 0.4) is 0 Å². The molecule has 0 bridgehead atoms. The van der Waals surface area contributed by atoms with E-state index in [2.05, 4.69) is 6.58 Å². The van der Waals surface area contributed by atoms with E-state index in [0.29, 0.717) is 6.54 Å². The molecule has 4 nitrogen and oxygen atoms in total. The highest BCUT2D eigenvalue weighted by atomic mass is 19.1. The normalized spacial score (nSPS) is 25.1. The number of hydrogen-bond donors (Lipinski definition) is 0. The third-order valence-corrected chi connectivity index (χ3v) is 4.53. The van der Waals surface area contributed by atoms with Crippen molar-refractivity contribution in [1.82, 2.24) is 9.80 Å². The number of urea groups is 1. The molecule has 116 valence electrons. The summed E-state index contributed by atoms with van der Waals surface area (Å²) >= 11 is 0. The lowest BCUT2D eigenvalue weighted by Crippen LogP contribution is -2.42. The minimum Gasteiger partial charge on any atom is -0.311 e. The Morgan fingerprint density at radius 1 is 1.23 bits per heavy atom. The molecule has 2 atom stereocenters. The highest BCUT2D eigenvalue weighted by Crippen LogP contribution is 2.39. The molecule has 1 aromatic rings. The maximum Gasteiger partial charge on any atom is 0.327 e. The Morgan fingerprint density at radius 2 is 1.95 bits per heavy atom. The van der Waals surface area contributed by atoms with Gasteiger partial charge in [-0.3, -0.25) is 9.69 Å². The molecule has 0 N–H and O–H groups in total. The molecule has 0 radical (unpaired) electrons. The zero-order valence-corrected chi connectivity index (χ0v) is 12.4.